The number of halogens is 1. The van der Waals surface area contributed by atoms with E-state index in [0.29, 0.717) is 12.8 Å². The summed E-state index contributed by atoms with van der Waals surface area (Å²) in [5.74, 6) is -1.39. The van der Waals surface area contributed by atoms with Gasteiger partial charge in [-0.15, -0.1) is 0 Å². The molecule has 0 saturated heterocycles. The number of carbonyl (C=O) groups is 4. The maximum absolute atomic E-state index is 12.9. The number of ether oxygens (including phenoxy) is 1. The molecule has 0 bridgehead atoms. The SMILES string of the molecule is CC(C)OC(=O)Nc1ccc(I)cc1C(=O)NCC(=O)N[C@@H]1CCCC[C@@H]1NC(=O)c1ccc(S(N)(=O)=O)cc1. The summed E-state index contributed by atoms with van der Waals surface area (Å²) in [5, 5.41) is 16.0. The molecule has 1 saturated carbocycles. The van der Waals surface area contributed by atoms with E-state index < -0.39 is 33.8 Å². The van der Waals surface area contributed by atoms with Gasteiger partial charge in [-0.25, -0.2) is 18.4 Å². The second kappa shape index (κ2) is 13.9. The molecule has 1 fully saturated rings. The Morgan fingerprint density at radius 2 is 1.60 bits per heavy atom. The number of sulfonamides is 1. The van der Waals surface area contributed by atoms with Gasteiger partial charge in [-0.3, -0.25) is 19.7 Å². The van der Waals surface area contributed by atoms with Gasteiger partial charge < -0.3 is 20.7 Å². The predicted octanol–water partition coefficient (Wildman–Crippen LogP) is 2.48. The van der Waals surface area contributed by atoms with Gasteiger partial charge in [0.1, 0.15) is 0 Å². The highest BCUT2D eigenvalue weighted by Gasteiger charge is 2.28. The van der Waals surface area contributed by atoms with Crippen molar-refractivity contribution in [1.82, 2.24) is 16.0 Å². The first-order valence-corrected chi connectivity index (χ1v) is 15.2. The first-order chi connectivity index (χ1) is 18.8. The van der Waals surface area contributed by atoms with Crippen LogP contribution >= 0.6 is 22.6 Å². The van der Waals surface area contributed by atoms with Gasteiger partial charge in [0.05, 0.1) is 28.8 Å². The molecule has 0 aliphatic heterocycles. The average molecular weight is 686 g/mol. The van der Waals surface area contributed by atoms with Gasteiger partial charge in [-0.2, -0.15) is 0 Å². The first-order valence-electron chi connectivity index (χ1n) is 12.6. The highest BCUT2D eigenvalue weighted by molar-refractivity contribution is 14.1. The van der Waals surface area contributed by atoms with Crippen molar-refractivity contribution in [2.75, 3.05) is 11.9 Å². The smallest absolute Gasteiger partial charge is 0.411 e. The van der Waals surface area contributed by atoms with Gasteiger partial charge in [0.2, 0.25) is 15.9 Å². The molecule has 0 radical (unpaired) electrons. The molecule has 0 spiro atoms. The summed E-state index contributed by atoms with van der Waals surface area (Å²) in [5.41, 5.74) is 0.683. The van der Waals surface area contributed by atoms with Crippen LogP contribution in [0.5, 0.6) is 0 Å². The van der Waals surface area contributed by atoms with Gasteiger partial charge in [0, 0.05) is 21.2 Å². The molecule has 216 valence electrons. The monoisotopic (exact) mass is 685 g/mol. The van der Waals surface area contributed by atoms with E-state index in [1.165, 1.54) is 24.3 Å². The topological polar surface area (TPSA) is 186 Å². The number of hydrogen-bond acceptors (Lipinski definition) is 7. The van der Waals surface area contributed by atoms with Crippen LogP contribution in [0.1, 0.15) is 60.2 Å². The Bertz CT molecular complexity index is 1370. The number of nitrogens with one attached hydrogen (secondary N) is 4. The minimum Gasteiger partial charge on any atom is -0.447 e. The van der Waals surface area contributed by atoms with Crippen LogP contribution in [0.2, 0.25) is 0 Å². The van der Waals surface area contributed by atoms with Crippen molar-refractivity contribution in [2.45, 2.75) is 62.6 Å². The molecular weight excluding hydrogens is 653 g/mol. The first kappa shape index (κ1) is 31.3. The third-order valence-corrected chi connectivity index (χ3v) is 7.69. The van der Waals surface area contributed by atoms with Crippen LogP contribution in [-0.2, 0) is 19.6 Å². The molecule has 14 heteroatoms. The van der Waals surface area contributed by atoms with Gasteiger partial charge in [0.15, 0.2) is 0 Å². The number of primary sulfonamides is 1. The van der Waals surface area contributed by atoms with E-state index in [0.717, 1.165) is 16.4 Å². The van der Waals surface area contributed by atoms with Gasteiger partial charge in [-0.05, 0) is 91.7 Å². The van der Waals surface area contributed by atoms with Crippen molar-refractivity contribution in [3.8, 4) is 0 Å². The molecule has 2 aromatic rings. The highest BCUT2D eigenvalue weighted by atomic mass is 127. The van der Waals surface area contributed by atoms with Crippen LogP contribution in [0.15, 0.2) is 47.4 Å². The maximum Gasteiger partial charge on any atom is 0.411 e. The molecule has 0 heterocycles. The lowest BCUT2D eigenvalue weighted by atomic mass is 9.90. The molecule has 12 nitrogen and oxygen atoms in total. The van der Waals surface area contributed by atoms with E-state index in [1.54, 1.807) is 32.0 Å². The van der Waals surface area contributed by atoms with Crippen molar-refractivity contribution < 1.29 is 32.3 Å². The summed E-state index contributed by atoms with van der Waals surface area (Å²) in [4.78, 5) is 50.3. The van der Waals surface area contributed by atoms with Crippen LogP contribution in [0.4, 0.5) is 10.5 Å². The zero-order valence-electron chi connectivity index (χ0n) is 22.0. The summed E-state index contributed by atoms with van der Waals surface area (Å²) in [6.45, 7) is 3.10. The lowest BCUT2D eigenvalue weighted by Crippen LogP contribution is -2.54. The van der Waals surface area contributed by atoms with E-state index in [1.807, 2.05) is 22.6 Å². The fourth-order valence-corrected chi connectivity index (χ4v) is 5.21. The Morgan fingerprint density at radius 1 is 0.975 bits per heavy atom. The van der Waals surface area contributed by atoms with Crippen LogP contribution in [0.25, 0.3) is 0 Å². The van der Waals surface area contributed by atoms with Crippen LogP contribution in [0, 0.1) is 3.57 Å². The van der Waals surface area contributed by atoms with Crippen molar-refractivity contribution in [3.05, 3.63) is 57.2 Å². The molecular formula is C26H32IN5O7S. The lowest BCUT2D eigenvalue weighted by molar-refractivity contribution is -0.121. The Morgan fingerprint density at radius 3 is 2.20 bits per heavy atom. The molecule has 0 aromatic heterocycles. The number of nitrogens with two attached hydrogens (primary N) is 1. The minimum absolute atomic E-state index is 0.0995. The lowest BCUT2D eigenvalue weighted by Gasteiger charge is -2.33. The summed E-state index contributed by atoms with van der Waals surface area (Å²) in [6, 6.07) is 9.44. The Labute approximate surface area is 246 Å². The average Bonchev–Trinajstić information content (AvgIpc) is 2.88. The maximum atomic E-state index is 12.9. The van der Waals surface area contributed by atoms with Crippen LogP contribution in [0.3, 0.4) is 0 Å². The molecule has 0 unspecified atom stereocenters. The normalized spacial score (nSPS) is 17.0. The van der Waals surface area contributed by atoms with Crippen molar-refractivity contribution in [3.63, 3.8) is 0 Å². The number of benzene rings is 2. The van der Waals surface area contributed by atoms with Crippen molar-refractivity contribution in [2.24, 2.45) is 5.14 Å². The second-order valence-corrected chi connectivity index (χ2v) is 12.4. The number of amides is 4. The van der Waals surface area contributed by atoms with E-state index >= 15 is 0 Å². The standard InChI is InChI=1S/C26H32IN5O7S/c1-15(2)39-26(36)32-20-12-9-17(27)13-19(20)25(35)29-14-23(33)30-21-5-3-4-6-22(21)31-24(34)16-7-10-18(11-8-16)40(28,37)38/h7-13,15,21-22H,3-6,14H2,1-2H3,(H,29,35)(H,30,33)(H,31,34)(H,32,36)(H2,28,37,38)/t21-,22+/m1/s1. The summed E-state index contributed by atoms with van der Waals surface area (Å²) in [7, 11) is -3.87. The predicted molar refractivity (Wildman–Crippen MR) is 156 cm³/mol. The van der Waals surface area contributed by atoms with Gasteiger partial charge in [0.25, 0.3) is 11.8 Å². The summed E-state index contributed by atoms with van der Waals surface area (Å²) in [6.07, 6.45) is 1.96. The third-order valence-electron chi connectivity index (χ3n) is 6.09. The molecule has 2 atom stereocenters. The number of rotatable bonds is 9. The number of carbonyl (C=O) groups excluding carboxylic acids is 4. The molecule has 1 aliphatic carbocycles. The Kier molecular flexibility index (Phi) is 10.9. The quantitative estimate of drug-likeness (QED) is 0.251. The van der Waals surface area contributed by atoms with E-state index in [-0.39, 0.29) is 46.4 Å². The number of hydrogen-bond donors (Lipinski definition) is 5. The molecule has 40 heavy (non-hydrogen) atoms. The van der Waals surface area contributed by atoms with Crippen LogP contribution in [-0.4, -0.2) is 57.0 Å². The van der Waals surface area contributed by atoms with E-state index in [9.17, 15) is 27.6 Å². The minimum atomic E-state index is -3.87. The zero-order valence-corrected chi connectivity index (χ0v) is 25.0. The largest absolute Gasteiger partial charge is 0.447 e. The number of anilines is 1. The molecule has 6 N–H and O–H groups in total. The van der Waals surface area contributed by atoms with Crippen molar-refractivity contribution in [1.29, 1.82) is 0 Å². The van der Waals surface area contributed by atoms with E-state index in [2.05, 4.69) is 21.3 Å². The van der Waals surface area contributed by atoms with Crippen LogP contribution < -0.4 is 26.4 Å². The Balaban J connectivity index is 1.58. The molecule has 1 aliphatic rings. The van der Waals surface area contributed by atoms with Gasteiger partial charge in [-0.1, -0.05) is 12.8 Å². The molecule has 4 amide bonds. The fourth-order valence-electron chi connectivity index (χ4n) is 4.20. The summed E-state index contributed by atoms with van der Waals surface area (Å²) >= 11 is 2.04. The van der Waals surface area contributed by atoms with Gasteiger partial charge >= 0.3 is 6.09 Å². The fraction of sp³-hybridized carbons (Fsp3) is 0.385. The summed E-state index contributed by atoms with van der Waals surface area (Å²) < 4.78 is 28.7. The molecule has 2 aromatic carbocycles. The molecule has 3 rings (SSSR count). The third kappa shape index (κ3) is 9.16. The van der Waals surface area contributed by atoms with Crippen molar-refractivity contribution >= 4 is 62.1 Å². The Hall–Kier alpha value is -3.24. The zero-order chi connectivity index (χ0) is 29.4. The van der Waals surface area contributed by atoms with E-state index in [4.69, 9.17) is 9.88 Å². The second-order valence-electron chi connectivity index (χ2n) is 9.56. The highest BCUT2D eigenvalue weighted by Crippen LogP contribution is 2.21.